The predicted molar refractivity (Wildman–Crippen MR) is 54.1 cm³/mol. The smallest absolute Gasteiger partial charge is 0.0533 e. The Morgan fingerprint density at radius 3 is 2.25 bits per heavy atom. The van der Waals surface area contributed by atoms with Gasteiger partial charge >= 0.3 is 0 Å². The standard InChI is InChI=1S/C8H18N2.C2H6/c1-9-7-8-3-5-10(2)6-4-8;1-2/h8-10H,2-7H2,1H3;1-2H3. The van der Waals surface area contributed by atoms with Crippen LogP contribution < -0.4 is 10.2 Å². The van der Waals surface area contributed by atoms with Crippen LogP contribution in [0.15, 0.2) is 0 Å². The fourth-order valence-corrected chi connectivity index (χ4v) is 1.58. The molecule has 2 nitrogen and oxygen atoms in total. The minimum Gasteiger partial charge on any atom is -0.468 e. The van der Waals surface area contributed by atoms with Gasteiger partial charge in [0.25, 0.3) is 0 Å². The Balaban J connectivity index is 0.000000561. The lowest BCUT2D eigenvalue weighted by Crippen LogP contribution is -3.08. The van der Waals surface area contributed by atoms with E-state index in [4.69, 9.17) is 0 Å². The summed E-state index contributed by atoms with van der Waals surface area (Å²) in [6.07, 6.45) is 2.69. The number of quaternary nitrogens is 1. The van der Waals surface area contributed by atoms with E-state index in [0.29, 0.717) is 0 Å². The van der Waals surface area contributed by atoms with Crippen LogP contribution >= 0.6 is 0 Å². The SMILES string of the molecule is CC.[CH2-][NH+]1CCC(CNC)CC1. The molecule has 0 amide bonds. The summed E-state index contributed by atoms with van der Waals surface area (Å²) in [5.41, 5.74) is 0. The summed E-state index contributed by atoms with van der Waals surface area (Å²) in [5, 5.41) is 3.22. The monoisotopic (exact) mass is 172 g/mol. The minimum atomic E-state index is 0.912. The van der Waals surface area contributed by atoms with Crippen molar-refractivity contribution >= 4 is 0 Å². The van der Waals surface area contributed by atoms with Crippen molar-refractivity contribution in [2.24, 2.45) is 5.92 Å². The zero-order valence-electron chi connectivity index (χ0n) is 8.82. The van der Waals surface area contributed by atoms with Gasteiger partial charge in [-0.2, -0.15) is 7.05 Å². The van der Waals surface area contributed by atoms with Crippen LogP contribution in [0.4, 0.5) is 0 Å². The third kappa shape index (κ3) is 4.73. The normalized spacial score (nSPS) is 29.0. The largest absolute Gasteiger partial charge is 0.468 e. The van der Waals surface area contributed by atoms with E-state index >= 15 is 0 Å². The molecule has 0 unspecified atom stereocenters. The Morgan fingerprint density at radius 1 is 1.33 bits per heavy atom. The molecule has 0 aromatic carbocycles. The molecule has 0 aromatic rings. The van der Waals surface area contributed by atoms with Gasteiger partial charge in [-0.05, 0) is 32.4 Å². The molecule has 0 aliphatic carbocycles. The van der Waals surface area contributed by atoms with Crippen molar-refractivity contribution in [3.63, 3.8) is 0 Å². The first-order valence-electron chi connectivity index (χ1n) is 5.14. The van der Waals surface area contributed by atoms with E-state index in [2.05, 4.69) is 12.4 Å². The number of likely N-dealkylation sites (tertiary alicyclic amines) is 1. The lowest BCUT2D eigenvalue weighted by molar-refractivity contribution is -0.860. The maximum atomic E-state index is 3.99. The lowest BCUT2D eigenvalue weighted by atomic mass is 9.97. The Morgan fingerprint density at radius 2 is 1.83 bits per heavy atom. The quantitative estimate of drug-likeness (QED) is 0.573. The van der Waals surface area contributed by atoms with Gasteiger partial charge in [0.05, 0.1) is 13.1 Å². The number of piperidine rings is 1. The molecule has 2 heteroatoms. The van der Waals surface area contributed by atoms with Crippen LogP contribution in [0, 0.1) is 13.0 Å². The van der Waals surface area contributed by atoms with E-state index in [1.807, 2.05) is 20.9 Å². The van der Waals surface area contributed by atoms with Gasteiger partial charge in [-0.25, -0.2) is 0 Å². The van der Waals surface area contributed by atoms with E-state index in [1.165, 1.54) is 37.4 Å². The first-order chi connectivity index (χ1) is 5.83. The highest BCUT2D eigenvalue weighted by Gasteiger charge is 2.15. The molecule has 0 spiro atoms. The molecule has 1 heterocycles. The molecule has 0 saturated carbocycles. The molecule has 1 aliphatic rings. The van der Waals surface area contributed by atoms with Crippen LogP contribution in [-0.2, 0) is 0 Å². The van der Waals surface area contributed by atoms with E-state index in [0.717, 1.165) is 5.92 Å². The van der Waals surface area contributed by atoms with Gasteiger partial charge in [0.2, 0.25) is 0 Å². The van der Waals surface area contributed by atoms with Crippen LogP contribution in [0.5, 0.6) is 0 Å². The van der Waals surface area contributed by atoms with Gasteiger partial charge in [-0.3, -0.25) is 0 Å². The molecule has 74 valence electrons. The zero-order valence-corrected chi connectivity index (χ0v) is 8.82. The minimum absolute atomic E-state index is 0.912. The summed E-state index contributed by atoms with van der Waals surface area (Å²) >= 11 is 0. The number of rotatable bonds is 2. The average molecular weight is 172 g/mol. The van der Waals surface area contributed by atoms with E-state index in [9.17, 15) is 0 Å². The molecule has 1 fully saturated rings. The first-order valence-corrected chi connectivity index (χ1v) is 5.14. The molecule has 0 radical (unpaired) electrons. The third-order valence-corrected chi connectivity index (χ3v) is 2.31. The molecule has 0 bridgehead atoms. The fraction of sp³-hybridized carbons (Fsp3) is 0.900. The van der Waals surface area contributed by atoms with Crippen LogP contribution in [0.25, 0.3) is 0 Å². The highest BCUT2D eigenvalue weighted by atomic mass is 15.1. The average Bonchev–Trinajstić information content (AvgIpc) is 2.13. The molecule has 2 N–H and O–H groups in total. The summed E-state index contributed by atoms with van der Waals surface area (Å²) < 4.78 is 0. The van der Waals surface area contributed by atoms with Crippen molar-refractivity contribution in [2.45, 2.75) is 26.7 Å². The Bertz CT molecular complexity index is 85.8. The van der Waals surface area contributed by atoms with Crippen molar-refractivity contribution in [1.82, 2.24) is 5.32 Å². The number of hydrogen-bond donors (Lipinski definition) is 2. The second-order valence-electron chi connectivity index (χ2n) is 3.25. The van der Waals surface area contributed by atoms with E-state index < -0.39 is 0 Å². The van der Waals surface area contributed by atoms with Crippen LogP contribution in [-0.4, -0.2) is 26.7 Å². The second kappa shape index (κ2) is 7.56. The summed E-state index contributed by atoms with van der Waals surface area (Å²) in [4.78, 5) is 1.45. The number of hydrogen-bond acceptors (Lipinski definition) is 1. The van der Waals surface area contributed by atoms with Gasteiger partial charge < -0.3 is 10.2 Å². The third-order valence-electron chi connectivity index (χ3n) is 2.31. The maximum absolute atomic E-state index is 3.99. The molecule has 1 saturated heterocycles. The summed E-state index contributed by atoms with van der Waals surface area (Å²) in [6, 6.07) is 0. The summed E-state index contributed by atoms with van der Waals surface area (Å²) in [6.45, 7) is 7.70. The van der Waals surface area contributed by atoms with E-state index in [1.54, 1.807) is 0 Å². The summed E-state index contributed by atoms with van der Waals surface area (Å²) in [5.74, 6) is 0.912. The van der Waals surface area contributed by atoms with Gasteiger partial charge in [-0.15, -0.1) is 0 Å². The molecule has 12 heavy (non-hydrogen) atoms. The van der Waals surface area contributed by atoms with Crippen LogP contribution in [0.2, 0.25) is 0 Å². The predicted octanol–water partition coefficient (Wildman–Crippen LogP) is 0.318. The van der Waals surface area contributed by atoms with Gasteiger partial charge in [-0.1, -0.05) is 13.8 Å². The van der Waals surface area contributed by atoms with Gasteiger partial charge in [0.1, 0.15) is 0 Å². The molecule has 0 atom stereocenters. The maximum Gasteiger partial charge on any atom is 0.0533 e. The van der Waals surface area contributed by atoms with Crippen molar-refractivity contribution in [1.29, 1.82) is 0 Å². The van der Waals surface area contributed by atoms with Crippen molar-refractivity contribution in [3.8, 4) is 0 Å². The first kappa shape index (κ1) is 11.9. The number of nitrogens with one attached hydrogen (secondary N) is 2. The molecular formula is C10H24N2. The van der Waals surface area contributed by atoms with Crippen LogP contribution in [0.3, 0.4) is 0 Å². The van der Waals surface area contributed by atoms with E-state index in [-0.39, 0.29) is 0 Å². The fourth-order valence-electron chi connectivity index (χ4n) is 1.58. The van der Waals surface area contributed by atoms with Crippen molar-refractivity contribution in [3.05, 3.63) is 7.05 Å². The van der Waals surface area contributed by atoms with Gasteiger partial charge in [0, 0.05) is 0 Å². The highest BCUT2D eigenvalue weighted by molar-refractivity contribution is 4.63. The van der Waals surface area contributed by atoms with Crippen molar-refractivity contribution < 1.29 is 4.90 Å². The van der Waals surface area contributed by atoms with Crippen molar-refractivity contribution in [2.75, 3.05) is 26.7 Å². The summed E-state index contributed by atoms with van der Waals surface area (Å²) in [7, 11) is 6.02. The Hall–Kier alpha value is -0.0800. The highest BCUT2D eigenvalue weighted by Crippen LogP contribution is 2.06. The molecule has 0 aromatic heterocycles. The van der Waals surface area contributed by atoms with Gasteiger partial charge in [0.15, 0.2) is 0 Å². The Kier molecular flexibility index (Phi) is 7.51. The Labute approximate surface area is 77.3 Å². The zero-order chi connectivity index (χ0) is 9.40. The van der Waals surface area contributed by atoms with Crippen LogP contribution in [0.1, 0.15) is 26.7 Å². The second-order valence-corrected chi connectivity index (χ2v) is 3.25. The topological polar surface area (TPSA) is 16.5 Å². The molecular weight excluding hydrogens is 148 g/mol. The lowest BCUT2D eigenvalue weighted by Gasteiger charge is -2.30. The molecule has 1 rings (SSSR count). The molecule has 1 aliphatic heterocycles.